The Morgan fingerprint density at radius 2 is 1.64 bits per heavy atom. The summed E-state index contributed by atoms with van der Waals surface area (Å²) in [5, 5.41) is 7.80. The van der Waals surface area contributed by atoms with Crippen LogP contribution in [0.2, 0.25) is 0 Å². The third kappa shape index (κ3) is 5.12. The van der Waals surface area contributed by atoms with Gasteiger partial charge in [0.05, 0.1) is 32.7 Å². The van der Waals surface area contributed by atoms with Crippen LogP contribution in [0.1, 0.15) is 42.5 Å². The van der Waals surface area contributed by atoms with Crippen molar-refractivity contribution in [3.05, 3.63) is 71.5 Å². The van der Waals surface area contributed by atoms with E-state index in [-0.39, 0.29) is 11.3 Å². The summed E-state index contributed by atoms with van der Waals surface area (Å²) < 4.78 is 18.0. The summed E-state index contributed by atoms with van der Waals surface area (Å²) in [5.74, 6) is 1.76. The number of ether oxygens (including phenoxy) is 3. The van der Waals surface area contributed by atoms with Crippen LogP contribution in [0.5, 0.6) is 17.2 Å². The van der Waals surface area contributed by atoms with Gasteiger partial charge in [0, 0.05) is 23.6 Å². The Labute approximate surface area is 211 Å². The van der Waals surface area contributed by atoms with E-state index in [1.165, 1.54) is 0 Å². The van der Waals surface area contributed by atoms with Crippen LogP contribution in [0, 0.1) is 0 Å². The van der Waals surface area contributed by atoms with Crippen molar-refractivity contribution in [3.63, 3.8) is 0 Å². The predicted octanol–water partition coefficient (Wildman–Crippen LogP) is 4.69. The molecule has 0 saturated carbocycles. The molecule has 0 saturated heterocycles. The lowest BCUT2D eigenvalue weighted by molar-refractivity contribution is 0.0949. The first-order valence-corrected chi connectivity index (χ1v) is 11.8. The molecule has 0 spiro atoms. The second-order valence-electron chi connectivity index (χ2n) is 9.47. The molecule has 0 aliphatic carbocycles. The van der Waals surface area contributed by atoms with E-state index in [4.69, 9.17) is 19.3 Å². The number of aromatic nitrogens is 3. The molecule has 0 bridgehead atoms. The first-order chi connectivity index (χ1) is 17.2. The van der Waals surface area contributed by atoms with Crippen LogP contribution < -0.4 is 19.5 Å². The number of benzene rings is 2. The van der Waals surface area contributed by atoms with E-state index < -0.39 is 0 Å². The van der Waals surface area contributed by atoms with Gasteiger partial charge in [-0.3, -0.25) is 4.79 Å². The Balaban J connectivity index is 1.64. The van der Waals surface area contributed by atoms with Gasteiger partial charge in [-0.05, 0) is 42.3 Å². The number of rotatable bonds is 8. The fourth-order valence-corrected chi connectivity index (χ4v) is 3.95. The minimum absolute atomic E-state index is 0.173. The zero-order valence-corrected chi connectivity index (χ0v) is 21.6. The second kappa shape index (κ2) is 10.3. The molecule has 36 heavy (non-hydrogen) atoms. The maximum Gasteiger partial charge on any atom is 0.270 e. The number of para-hydroxylation sites is 1. The molecule has 4 rings (SSSR count). The molecule has 0 unspecified atom stereocenters. The largest absolute Gasteiger partial charge is 0.496 e. The summed E-state index contributed by atoms with van der Waals surface area (Å²) >= 11 is 0. The number of amides is 1. The van der Waals surface area contributed by atoms with Gasteiger partial charge in [0.25, 0.3) is 5.91 Å². The van der Waals surface area contributed by atoms with Gasteiger partial charge in [0.15, 0.2) is 17.1 Å². The van der Waals surface area contributed by atoms with Crippen LogP contribution in [0.4, 0.5) is 0 Å². The third-order valence-electron chi connectivity index (χ3n) is 5.96. The fourth-order valence-electron chi connectivity index (χ4n) is 3.95. The van der Waals surface area contributed by atoms with E-state index in [1.807, 2.05) is 48.5 Å². The highest BCUT2D eigenvalue weighted by molar-refractivity contribution is 5.94. The molecule has 0 radical (unpaired) electrons. The minimum Gasteiger partial charge on any atom is -0.496 e. The first kappa shape index (κ1) is 25.0. The number of nitrogens with one attached hydrogen (secondary N) is 1. The smallest absolute Gasteiger partial charge is 0.270 e. The maximum atomic E-state index is 13.2. The van der Waals surface area contributed by atoms with Crippen LogP contribution in [-0.2, 0) is 11.8 Å². The van der Waals surface area contributed by atoms with Crippen molar-refractivity contribution in [2.24, 2.45) is 0 Å². The highest BCUT2D eigenvalue weighted by atomic mass is 16.5. The Bertz CT molecular complexity index is 1390. The fraction of sp³-hybridized carbons (Fsp3) is 0.321. The lowest BCUT2D eigenvalue weighted by Crippen LogP contribution is -2.27. The Morgan fingerprint density at radius 3 is 2.33 bits per heavy atom. The van der Waals surface area contributed by atoms with Crippen molar-refractivity contribution >= 4 is 11.6 Å². The molecule has 2 heterocycles. The average Bonchev–Trinajstić information content (AvgIpc) is 3.33. The monoisotopic (exact) mass is 488 g/mol. The molecular weight excluding hydrogens is 456 g/mol. The van der Waals surface area contributed by atoms with Crippen LogP contribution in [0.3, 0.4) is 0 Å². The highest BCUT2D eigenvalue weighted by Crippen LogP contribution is 2.32. The summed E-state index contributed by atoms with van der Waals surface area (Å²) in [7, 11) is 4.83. The number of nitrogens with zero attached hydrogens (tertiary/aromatic N) is 3. The lowest BCUT2D eigenvalue weighted by Gasteiger charge is -2.14. The van der Waals surface area contributed by atoms with Gasteiger partial charge in [-0.1, -0.05) is 39.0 Å². The number of methoxy groups -OCH3 is 3. The van der Waals surface area contributed by atoms with Gasteiger partial charge < -0.3 is 19.5 Å². The number of hydrogen-bond donors (Lipinski definition) is 1. The van der Waals surface area contributed by atoms with Crippen LogP contribution in [0.15, 0.2) is 54.6 Å². The van der Waals surface area contributed by atoms with Gasteiger partial charge in [0.2, 0.25) is 0 Å². The summed E-state index contributed by atoms with van der Waals surface area (Å²) in [6.45, 7) is 6.73. The number of carbonyl (C=O) groups excluding carboxylic acids is 1. The van der Waals surface area contributed by atoms with Crippen molar-refractivity contribution in [1.82, 2.24) is 19.9 Å². The topological polar surface area (TPSA) is 87.0 Å². The highest BCUT2D eigenvalue weighted by Gasteiger charge is 2.22. The average molecular weight is 489 g/mol. The summed E-state index contributed by atoms with van der Waals surface area (Å²) in [6, 6.07) is 17.1. The Morgan fingerprint density at radius 1 is 0.917 bits per heavy atom. The normalized spacial score (nSPS) is 11.4. The molecule has 8 nitrogen and oxygen atoms in total. The van der Waals surface area contributed by atoms with Gasteiger partial charge in [-0.25, -0.2) is 9.50 Å². The van der Waals surface area contributed by atoms with E-state index in [2.05, 4.69) is 31.1 Å². The number of fused-ring (bicyclic) bond motifs is 1. The van der Waals surface area contributed by atoms with Gasteiger partial charge in [0.1, 0.15) is 11.4 Å². The van der Waals surface area contributed by atoms with Gasteiger partial charge >= 0.3 is 0 Å². The zero-order valence-electron chi connectivity index (χ0n) is 21.6. The molecule has 188 valence electrons. The number of carbonyl (C=O) groups is 1. The van der Waals surface area contributed by atoms with Crippen molar-refractivity contribution in [2.45, 2.75) is 32.6 Å². The molecule has 1 amide bonds. The summed E-state index contributed by atoms with van der Waals surface area (Å²) in [4.78, 5) is 17.8. The molecule has 1 N–H and O–H groups in total. The second-order valence-corrected chi connectivity index (χ2v) is 9.47. The predicted molar refractivity (Wildman–Crippen MR) is 139 cm³/mol. The zero-order chi connectivity index (χ0) is 25.9. The van der Waals surface area contributed by atoms with E-state index >= 15 is 0 Å². The molecule has 0 fully saturated rings. The SMILES string of the molecule is COc1ccc(CCNC(=O)c2cc(-c3ccccc3OC)n3nc(C(C)(C)C)cc3n2)cc1OC. The molecule has 2 aromatic carbocycles. The Kier molecular flexibility index (Phi) is 7.15. The quantitative estimate of drug-likeness (QED) is 0.387. The van der Waals surface area contributed by atoms with Crippen LogP contribution in [0.25, 0.3) is 16.9 Å². The molecule has 0 aliphatic heterocycles. The minimum atomic E-state index is -0.257. The van der Waals surface area contributed by atoms with Crippen molar-refractivity contribution in [2.75, 3.05) is 27.9 Å². The van der Waals surface area contributed by atoms with E-state index in [0.29, 0.717) is 41.6 Å². The molecule has 0 aliphatic rings. The standard InChI is InChI=1S/C28H32N4O4/c1-28(2,3)25-17-26-30-20(16-21(32(26)31-25)19-9-7-8-10-22(19)34-4)27(33)29-14-13-18-11-12-23(35-5)24(15-18)36-6/h7-12,15-17H,13-14H2,1-6H3,(H,29,33). The van der Waals surface area contributed by atoms with Crippen molar-refractivity contribution in [1.29, 1.82) is 0 Å². The molecule has 4 aromatic rings. The summed E-state index contributed by atoms with van der Waals surface area (Å²) in [5.41, 5.74) is 4.22. The van der Waals surface area contributed by atoms with E-state index in [9.17, 15) is 4.79 Å². The van der Waals surface area contributed by atoms with Crippen LogP contribution >= 0.6 is 0 Å². The van der Waals surface area contributed by atoms with Crippen LogP contribution in [-0.4, -0.2) is 48.4 Å². The van der Waals surface area contributed by atoms with Crippen molar-refractivity contribution < 1.29 is 19.0 Å². The molecule has 8 heteroatoms. The first-order valence-electron chi connectivity index (χ1n) is 11.8. The van der Waals surface area contributed by atoms with Crippen molar-refractivity contribution in [3.8, 4) is 28.5 Å². The summed E-state index contributed by atoms with van der Waals surface area (Å²) in [6.07, 6.45) is 0.633. The van der Waals surface area contributed by atoms with E-state index in [0.717, 1.165) is 22.5 Å². The number of hydrogen-bond acceptors (Lipinski definition) is 6. The lowest BCUT2D eigenvalue weighted by atomic mass is 9.93. The Hall–Kier alpha value is -4.07. The van der Waals surface area contributed by atoms with Gasteiger partial charge in [-0.2, -0.15) is 5.10 Å². The van der Waals surface area contributed by atoms with E-state index in [1.54, 1.807) is 31.9 Å². The molecule has 0 atom stereocenters. The molecular formula is C28H32N4O4. The van der Waals surface area contributed by atoms with Gasteiger partial charge in [-0.15, -0.1) is 0 Å². The molecule has 2 aromatic heterocycles. The maximum absolute atomic E-state index is 13.2. The third-order valence-corrected chi connectivity index (χ3v) is 5.96.